The number of halogens is 3. The summed E-state index contributed by atoms with van der Waals surface area (Å²) in [6.07, 6.45) is -1.03. The molecule has 3 aromatic heterocycles. The van der Waals surface area contributed by atoms with Crippen LogP contribution in [0.1, 0.15) is 41.4 Å². The van der Waals surface area contributed by atoms with Gasteiger partial charge >= 0.3 is 12.1 Å². The number of hydrogen-bond donors (Lipinski definition) is 0. The number of carbonyl (C=O) groups excluding carboxylic acids is 1. The van der Waals surface area contributed by atoms with Crippen molar-refractivity contribution in [3.05, 3.63) is 40.9 Å². The molecule has 3 heterocycles. The van der Waals surface area contributed by atoms with Gasteiger partial charge in [0.2, 0.25) is 5.82 Å². The third kappa shape index (κ3) is 4.18. The highest BCUT2D eigenvalue weighted by Crippen LogP contribution is 2.31. The van der Waals surface area contributed by atoms with Gasteiger partial charge in [0.25, 0.3) is 0 Å². The Morgan fingerprint density at radius 2 is 2.12 bits per heavy atom. The van der Waals surface area contributed by atoms with Crippen LogP contribution in [0.3, 0.4) is 0 Å². The first kappa shape index (κ1) is 18.3. The molecule has 138 valence electrons. The SMILES string of the molecule is CC(C)CC(=O)c1cnn(Cc2ccc(-c3noc(C(F)(F)F)n3)s2)c1. The maximum Gasteiger partial charge on any atom is 0.471 e. The Morgan fingerprint density at radius 1 is 1.35 bits per heavy atom. The van der Waals surface area contributed by atoms with Crippen LogP contribution in [0.5, 0.6) is 0 Å². The third-order valence-electron chi connectivity index (χ3n) is 3.42. The van der Waals surface area contributed by atoms with Crippen molar-refractivity contribution in [2.24, 2.45) is 5.92 Å². The van der Waals surface area contributed by atoms with Crippen LogP contribution < -0.4 is 0 Å². The number of hydrogen-bond acceptors (Lipinski definition) is 6. The van der Waals surface area contributed by atoms with Gasteiger partial charge < -0.3 is 4.52 Å². The van der Waals surface area contributed by atoms with Gasteiger partial charge in [-0.15, -0.1) is 11.3 Å². The molecule has 0 unspecified atom stereocenters. The summed E-state index contributed by atoms with van der Waals surface area (Å²) in [7, 11) is 0. The average molecular weight is 384 g/mol. The molecule has 0 radical (unpaired) electrons. The van der Waals surface area contributed by atoms with E-state index >= 15 is 0 Å². The fourth-order valence-electron chi connectivity index (χ4n) is 2.26. The first-order valence-corrected chi connectivity index (χ1v) is 8.59. The number of carbonyl (C=O) groups is 1. The van der Waals surface area contributed by atoms with Gasteiger partial charge in [0.15, 0.2) is 5.78 Å². The smallest absolute Gasteiger partial charge is 0.329 e. The van der Waals surface area contributed by atoms with Gasteiger partial charge in [0.1, 0.15) is 0 Å². The zero-order chi connectivity index (χ0) is 18.9. The Balaban J connectivity index is 1.70. The summed E-state index contributed by atoms with van der Waals surface area (Å²) in [6.45, 7) is 4.33. The van der Waals surface area contributed by atoms with Crippen molar-refractivity contribution in [3.63, 3.8) is 0 Å². The standard InChI is InChI=1S/C16H15F3N4O2S/c1-9(2)5-12(24)10-6-20-23(7-10)8-11-3-4-13(26-11)14-21-15(25-22-14)16(17,18)19/h3-4,6-7,9H,5,8H2,1-2H3. The molecule has 26 heavy (non-hydrogen) atoms. The normalized spacial score (nSPS) is 12.1. The van der Waals surface area contributed by atoms with Crippen molar-refractivity contribution in [1.29, 1.82) is 0 Å². The van der Waals surface area contributed by atoms with Crippen LogP contribution >= 0.6 is 11.3 Å². The Hall–Kier alpha value is -2.49. The minimum Gasteiger partial charge on any atom is -0.329 e. The van der Waals surface area contributed by atoms with Gasteiger partial charge in [-0.2, -0.15) is 23.3 Å². The first-order valence-electron chi connectivity index (χ1n) is 7.78. The van der Waals surface area contributed by atoms with Crippen LogP contribution in [0.2, 0.25) is 0 Å². The second-order valence-electron chi connectivity index (χ2n) is 6.13. The molecule has 0 aromatic carbocycles. The van der Waals surface area contributed by atoms with Crippen molar-refractivity contribution in [3.8, 4) is 10.7 Å². The van der Waals surface area contributed by atoms with Gasteiger partial charge in [0.05, 0.1) is 23.2 Å². The van der Waals surface area contributed by atoms with Crippen molar-refractivity contribution in [2.75, 3.05) is 0 Å². The fourth-order valence-corrected chi connectivity index (χ4v) is 3.19. The molecular formula is C16H15F3N4O2S. The third-order valence-corrected chi connectivity index (χ3v) is 4.48. The zero-order valence-corrected chi connectivity index (χ0v) is 14.8. The summed E-state index contributed by atoms with van der Waals surface area (Å²) in [5, 5.41) is 7.53. The van der Waals surface area contributed by atoms with E-state index in [1.54, 1.807) is 23.0 Å². The highest BCUT2D eigenvalue weighted by molar-refractivity contribution is 7.15. The lowest BCUT2D eigenvalue weighted by atomic mass is 10.0. The molecule has 0 aliphatic rings. The molecule has 0 saturated heterocycles. The van der Waals surface area contributed by atoms with Crippen molar-refractivity contribution >= 4 is 17.1 Å². The second kappa shape index (κ2) is 7.02. The number of thiophene rings is 1. The van der Waals surface area contributed by atoms with Gasteiger partial charge in [-0.25, -0.2) is 0 Å². The molecule has 0 amide bonds. The topological polar surface area (TPSA) is 73.8 Å². The molecule has 3 aromatic rings. The van der Waals surface area contributed by atoms with Crippen LogP contribution in [0.4, 0.5) is 13.2 Å². The van der Waals surface area contributed by atoms with Crippen molar-refractivity contribution in [1.82, 2.24) is 19.9 Å². The highest BCUT2D eigenvalue weighted by atomic mass is 32.1. The quantitative estimate of drug-likeness (QED) is 0.593. The van der Waals surface area contributed by atoms with E-state index in [1.807, 2.05) is 13.8 Å². The molecule has 3 rings (SSSR count). The minimum absolute atomic E-state index is 0.0320. The Kier molecular flexibility index (Phi) is 4.94. The molecule has 0 N–H and O–H groups in total. The van der Waals surface area contributed by atoms with Gasteiger partial charge in [0, 0.05) is 17.5 Å². The maximum absolute atomic E-state index is 12.5. The van der Waals surface area contributed by atoms with Crippen LogP contribution in [0.25, 0.3) is 10.7 Å². The van der Waals surface area contributed by atoms with E-state index in [4.69, 9.17) is 0 Å². The molecule has 0 spiro atoms. The van der Waals surface area contributed by atoms with E-state index in [2.05, 4.69) is 19.8 Å². The highest BCUT2D eigenvalue weighted by Gasteiger charge is 2.38. The number of rotatable bonds is 6. The Labute approximate surface area is 150 Å². The fraction of sp³-hybridized carbons (Fsp3) is 0.375. The number of aromatic nitrogens is 4. The Bertz CT molecular complexity index is 911. The van der Waals surface area contributed by atoms with Crippen LogP contribution in [0.15, 0.2) is 29.0 Å². The monoisotopic (exact) mass is 384 g/mol. The van der Waals surface area contributed by atoms with Crippen molar-refractivity contribution < 1.29 is 22.5 Å². The minimum atomic E-state index is -4.67. The molecule has 0 aliphatic carbocycles. The lowest BCUT2D eigenvalue weighted by molar-refractivity contribution is -0.159. The predicted octanol–water partition coefficient (Wildman–Crippen LogP) is 4.29. The van der Waals surface area contributed by atoms with Crippen LogP contribution in [-0.2, 0) is 12.7 Å². The van der Waals surface area contributed by atoms with Gasteiger partial charge in [-0.3, -0.25) is 9.48 Å². The molecule has 0 saturated carbocycles. The first-order chi connectivity index (χ1) is 12.2. The molecule has 0 aliphatic heterocycles. The number of alkyl halides is 3. The summed E-state index contributed by atoms with van der Waals surface area (Å²) < 4.78 is 43.4. The Morgan fingerprint density at radius 3 is 2.77 bits per heavy atom. The predicted molar refractivity (Wildman–Crippen MR) is 87.7 cm³/mol. The number of ketones is 1. The summed E-state index contributed by atoms with van der Waals surface area (Å²) in [4.78, 5) is 16.7. The van der Waals surface area contributed by atoms with E-state index in [1.165, 1.54) is 17.5 Å². The molecule has 10 heteroatoms. The molecule has 0 bridgehead atoms. The number of Topliss-reactive ketones (excluding diaryl/α,β-unsaturated/α-hetero) is 1. The van der Waals surface area contributed by atoms with E-state index in [0.29, 0.717) is 23.4 Å². The second-order valence-corrected chi connectivity index (χ2v) is 7.30. The van der Waals surface area contributed by atoms with Gasteiger partial charge in [-0.1, -0.05) is 19.0 Å². The zero-order valence-electron chi connectivity index (χ0n) is 13.9. The summed E-state index contributed by atoms with van der Waals surface area (Å²) in [5.74, 6) is -1.18. The van der Waals surface area contributed by atoms with Crippen molar-refractivity contribution in [2.45, 2.75) is 33.0 Å². The van der Waals surface area contributed by atoms with E-state index in [9.17, 15) is 18.0 Å². The largest absolute Gasteiger partial charge is 0.471 e. The summed E-state index contributed by atoms with van der Waals surface area (Å²) in [5.41, 5.74) is 0.545. The summed E-state index contributed by atoms with van der Waals surface area (Å²) in [6, 6.07) is 3.38. The molecule has 0 fully saturated rings. The molecule has 0 atom stereocenters. The van der Waals surface area contributed by atoms with Crippen LogP contribution in [0, 0.1) is 5.92 Å². The van der Waals surface area contributed by atoms with Crippen LogP contribution in [-0.4, -0.2) is 25.7 Å². The molecule has 6 nitrogen and oxygen atoms in total. The van der Waals surface area contributed by atoms with E-state index in [-0.39, 0.29) is 17.5 Å². The summed E-state index contributed by atoms with van der Waals surface area (Å²) >= 11 is 1.23. The molecular weight excluding hydrogens is 369 g/mol. The number of nitrogens with zero attached hydrogens (tertiary/aromatic N) is 4. The average Bonchev–Trinajstić information content (AvgIpc) is 3.26. The van der Waals surface area contributed by atoms with E-state index < -0.39 is 12.1 Å². The lowest BCUT2D eigenvalue weighted by Crippen LogP contribution is -2.04. The van der Waals surface area contributed by atoms with E-state index in [0.717, 1.165) is 4.88 Å². The maximum atomic E-state index is 12.5. The van der Waals surface area contributed by atoms with Gasteiger partial charge in [-0.05, 0) is 18.1 Å². The lowest BCUT2D eigenvalue weighted by Gasteiger charge is -2.00.